The number of Topliss-reactive ketones (excluding diaryl/α,β-unsaturated/α-hetero) is 1. The molecule has 2 rings (SSSR count). The van der Waals surface area contributed by atoms with Crippen molar-refractivity contribution in [1.29, 1.82) is 0 Å². The topological polar surface area (TPSA) is 51.2 Å². The number of benzene rings is 2. The summed E-state index contributed by atoms with van der Waals surface area (Å²) in [7, 11) is -3.39. The number of rotatable bonds is 3. The van der Waals surface area contributed by atoms with E-state index in [0.717, 1.165) is 21.5 Å². The number of sulfone groups is 1. The molecule has 0 aliphatic rings. The number of ketones is 1. The minimum absolute atomic E-state index is 0.369. The molecular weight excluding hydrogens is 328 g/mol. The summed E-state index contributed by atoms with van der Waals surface area (Å²) in [6.45, 7) is 1.43. The zero-order chi connectivity index (χ0) is 14.2. The molecule has 0 bridgehead atoms. The van der Waals surface area contributed by atoms with Crippen molar-refractivity contribution in [3.05, 3.63) is 46.4 Å². The Morgan fingerprint density at radius 1 is 1.11 bits per heavy atom. The second-order valence-corrected chi connectivity index (χ2v) is 7.70. The molecule has 0 spiro atoms. The van der Waals surface area contributed by atoms with Crippen molar-refractivity contribution in [3.63, 3.8) is 0 Å². The molecule has 1 atom stereocenters. The summed E-state index contributed by atoms with van der Waals surface area (Å²) < 4.78 is 23.9. The Morgan fingerprint density at radius 3 is 2.26 bits per heavy atom. The summed E-state index contributed by atoms with van der Waals surface area (Å²) in [5.41, 5.74) is 0.441. The van der Waals surface area contributed by atoms with Gasteiger partial charge >= 0.3 is 0 Å². The number of fused-ring (bicyclic) bond motifs is 1. The van der Waals surface area contributed by atoms with Crippen molar-refractivity contribution in [2.75, 3.05) is 6.26 Å². The first-order valence-corrected chi connectivity index (χ1v) is 8.47. The van der Waals surface area contributed by atoms with Gasteiger partial charge in [-0.3, -0.25) is 4.79 Å². The summed E-state index contributed by atoms with van der Waals surface area (Å²) in [6.07, 6.45) is 1.08. The lowest BCUT2D eigenvalue weighted by Crippen LogP contribution is -2.26. The van der Waals surface area contributed by atoms with Gasteiger partial charge in [-0.25, -0.2) is 8.42 Å². The van der Waals surface area contributed by atoms with E-state index in [1.54, 1.807) is 12.1 Å². The van der Waals surface area contributed by atoms with Gasteiger partial charge in [0, 0.05) is 16.3 Å². The number of carbonyl (C=O) groups excluding carboxylic acids is 1. The van der Waals surface area contributed by atoms with E-state index in [-0.39, 0.29) is 5.78 Å². The second kappa shape index (κ2) is 5.06. The molecule has 0 fully saturated rings. The molecule has 100 valence electrons. The van der Waals surface area contributed by atoms with Crippen molar-refractivity contribution < 1.29 is 13.2 Å². The maximum Gasteiger partial charge on any atom is 0.181 e. The Hall–Kier alpha value is -1.20. The minimum atomic E-state index is -3.39. The van der Waals surface area contributed by atoms with E-state index < -0.39 is 15.1 Å². The second-order valence-electron chi connectivity index (χ2n) is 4.48. The molecule has 3 nitrogen and oxygen atoms in total. The molecule has 0 radical (unpaired) electrons. The molecule has 0 aromatic heterocycles. The highest BCUT2D eigenvalue weighted by Gasteiger charge is 2.26. The van der Waals surface area contributed by atoms with Gasteiger partial charge < -0.3 is 0 Å². The van der Waals surface area contributed by atoms with Crippen LogP contribution in [0.4, 0.5) is 0 Å². The van der Waals surface area contributed by atoms with Gasteiger partial charge in [0.05, 0.1) is 0 Å². The zero-order valence-corrected chi connectivity index (χ0v) is 13.0. The Labute approximate surface area is 120 Å². The smallest absolute Gasteiger partial charge is 0.181 e. The van der Waals surface area contributed by atoms with Gasteiger partial charge in [-0.15, -0.1) is 0 Å². The summed E-state index contributed by atoms with van der Waals surface area (Å²) >= 11 is 3.43. The Balaban J connectivity index is 2.65. The molecule has 5 heteroatoms. The zero-order valence-electron chi connectivity index (χ0n) is 10.6. The van der Waals surface area contributed by atoms with Gasteiger partial charge in [0.2, 0.25) is 0 Å². The van der Waals surface area contributed by atoms with Crippen molar-refractivity contribution >= 4 is 42.3 Å². The monoisotopic (exact) mass is 340 g/mol. The molecular formula is C14H13BrO3S. The van der Waals surface area contributed by atoms with Gasteiger partial charge in [-0.1, -0.05) is 40.2 Å². The van der Waals surface area contributed by atoms with Crippen LogP contribution in [0.3, 0.4) is 0 Å². The maximum atomic E-state index is 12.3. The first kappa shape index (κ1) is 14.2. The first-order valence-electron chi connectivity index (χ1n) is 5.72. The standard InChI is InChI=1S/C14H13BrO3S/c1-9(19(2,17)18)14(16)12-7-8-13(15)11-6-4-3-5-10(11)12/h3-9H,1-2H3. The van der Waals surface area contributed by atoms with Crippen LogP contribution in [0.1, 0.15) is 17.3 Å². The highest BCUT2D eigenvalue weighted by atomic mass is 79.9. The largest absolute Gasteiger partial charge is 0.293 e. The fourth-order valence-corrected chi connectivity index (χ4v) is 2.88. The van der Waals surface area contributed by atoms with Crippen molar-refractivity contribution in [2.45, 2.75) is 12.2 Å². The van der Waals surface area contributed by atoms with Crippen LogP contribution in [0.15, 0.2) is 40.9 Å². The van der Waals surface area contributed by atoms with Crippen LogP contribution in [0.25, 0.3) is 10.8 Å². The van der Waals surface area contributed by atoms with Crippen LogP contribution in [0.5, 0.6) is 0 Å². The van der Waals surface area contributed by atoms with E-state index in [9.17, 15) is 13.2 Å². The number of hydrogen-bond donors (Lipinski definition) is 0. The number of halogens is 1. The first-order chi connectivity index (χ1) is 8.82. The molecule has 19 heavy (non-hydrogen) atoms. The van der Waals surface area contributed by atoms with Crippen molar-refractivity contribution in [1.82, 2.24) is 0 Å². The van der Waals surface area contributed by atoms with Crippen molar-refractivity contribution in [3.8, 4) is 0 Å². The molecule has 0 saturated carbocycles. The molecule has 0 aliphatic heterocycles. The van der Waals surface area contributed by atoms with Crippen LogP contribution < -0.4 is 0 Å². The van der Waals surface area contributed by atoms with Gasteiger partial charge in [0.25, 0.3) is 0 Å². The lowest BCUT2D eigenvalue weighted by Gasteiger charge is -2.11. The van der Waals surface area contributed by atoms with Crippen LogP contribution in [0, 0.1) is 0 Å². The Morgan fingerprint density at radius 2 is 1.68 bits per heavy atom. The third-order valence-corrected chi connectivity index (χ3v) is 5.34. The van der Waals surface area contributed by atoms with Gasteiger partial charge in [0.15, 0.2) is 15.6 Å². The number of carbonyl (C=O) groups is 1. The summed E-state index contributed by atoms with van der Waals surface area (Å²) in [5.74, 6) is -0.369. The summed E-state index contributed by atoms with van der Waals surface area (Å²) in [4.78, 5) is 12.3. The van der Waals surface area contributed by atoms with E-state index in [0.29, 0.717) is 5.56 Å². The van der Waals surface area contributed by atoms with Gasteiger partial charge in [-0.05, 0) is 29.8 Å². The highest BCUT2D eigenvalue weighted by Crippen LogP contribution is 2.28. The van der Waals surface area contributed by atoms with E-state index in [1.165, 1.54) is 6.92 Å². The van der Waals surface area contributed by atoms with Crippen LogP contribution in [0.2, 0.25) is 0 Å². The maximum absolute atomic E-state index is 12.3. The molecule has 0 amide bonds. The highest BCUT2D eigenvalue weighted by molar-refractivity contribution is 9.10. The molecule has 2 aromatic carbocycles. The number of hydrogen-bond acceptors (Lipinski definition) is 3. The Kier molecular flexibility index (Phi) is 3.78. The lowest BCUT2D eigenvalue weighted by atomic mass is 10.0. The lowest BCUT2D eigenvalue weighted by molar-refractivity contribution is 0.0993. The third kappa shape index (κ3) is 2.72. The van der Waals surface area contributed by atoms with Crippen LogP contribution >= 0.6 is 15.9 Å². The average Bonchev–Trinajstić information content (AvgIpc) is 2.37. The Bertz CT molecular complexity index is 750. The van der Waals surface area contributed by atoms with E-state index in [2.05, 4.69) is 15.9 Å². The molecule has 0 heterocycles. The quantitative estimate of drug-likeness (QED) is 0.806. The van der Waals surface area contributed by atoms with Gasteiger partial charge in [0.1, 0.15) is 5.25 Å². The molecule has 2 aromatic rings. The normalized spacial score (nSPS) is 13.4. The van der Waals surface area contributed by atoms with Crippen molar-refractivity contribution in [2.24, 2.45) is 0 Å². The predicted molar refractivity (Wildman–Crippen MR) is 80.3 cm³/mol. The third-order valence-electron chi connectivity index (χ3n) is 3.15. The van der Waals surface area contributed by atoms with E-state index in [4.69, 9.17) is 0 Å². The fourth-order valence-electron chi connectivity index (χ4n) is 1.89. The fraction of sp³-hybridized carbons (Fsp3) is 0.214. The predicted octanol–water partition coefficient (Wildman–Crippen LogP) is 3.22. The molecule has 0 N–H and O–H groups in total. The van der Waals surface area contributed by atoms with Gasteiger partial charge in [-0.2, -0.15) is 0 Å². The molecule has 0 aliphatic carbocycles. The van der Waals surface area contributed by atoms with Crippen LogP contribution in [-0.2, 0) is 9.84 Å². The average molecular weight is 341 g/mol. The van der Waals surface area contributed by atoms with E-state index >= 15 is 0 Å². The van der Waals surface area contributed by atoms with Crippen LogP contribution in [-0.4, -0.2) is 25.7 Å². The summed E-state index contributed by atoms with van der Waals surface area (Å²) in [6, 6.07) is 10.8. The van der Waals surface area contributed by atoms with E-state index in [1.807, 2.05) is 24.3 Å². The molecule has 0 saturated heterocycles. The molecule has 1 unspecified atom stereocenters. The minimum Gasteiger partial charge on any atom is -0.293 e. The summed E-state index contributed by atoms with van der Waals surface area (Å²) in [5, 5.41) is 0.628. The SMILES string of the molecule is CC(C(=O)c1ccc(Br)c2ccccc12)S(C)(=O)=O.